The van der Waals surface area contributed by atoms with Gasteiger partial charge < -0.3 is 10.1 Å². The third-order valence-electron chi connectivity index (χ3n) is 3.42. The number of rotatable bonds is 3. The van der Waals surface area contributed by atoms with Crippen LogP contribution in [-0.2, 0) is 6.42 Å². The van der Waals surface area contributed by atoms with Gasteiger partial charge in [-0.1, -0.05) is 12.1 Å². The summed E-state index contributed by atoms with van der Waals surface area (Å²) in [5.74, 6) is 2.40. The van der Waals surface area contributed by atoms with E-state index in [4.69, 9.17) is 4.74 Å². The number of halogens is 1. The second-order valence-corrected chi connectivity index (χ2v) is 6.61. The van der Waals surface area contributed by atoms with Gasteiger partial charge in [-0.25, -0.2) is 9.97 Å². The van der Waals surface area contributed by atoms with Crippen LogP contribution in [0.15, 0.2) is 28.9 Å². The molecule has 0 atom stereocenters. The summed E-state index contributed by atoms with van der Waals surface area (Å²) in [6, 6.07) is 6.16. The summed E-state index contributed by atoms with van der Waals surface area (Å²) in [6.07, 6.45) is 2.69. The molecule has 110 valence electrons. The van der Waals surface area contributed by atoms with Gasteiger partial charge in [-0.05, 0) is 48.3 Å². The first-order valence-corrected chi connectivity index (χ1v) is 7.87. The number of hydrogen-bond acceptors (Lipinski definition) is 4. The minimum atomic E-state index is -0.168. The van der Waals surface area contributed by atoms with E-state index in [2.05, 4.69) is 51.1 Å². The zero-order valence-corrected chi connectivity index (χ0v) is 14.0. The van der Waals surface area contributed by atoms with Crippen molar-refractivity contribution < 1.29 is 4.74 Å². The number of hydrogen-bond donors (Lipinski definition) is 1. The van der Waals surface area contributed by atoms with Crippen LogP contribution in [0.25, 0.3) is 11.4 Å². The zero-order valence-electron chi connectivity index (χ0n) is 12.4. The van der Waals surface area contributed by atoms with Crippen LogP contribution in [0.4, 0.5) is 5.82 Å². The van der Waals surface area contributed by atoms with Crippen LogP contribution in [0, 0.1) is 0 Å². The average molecular weight is 348 g/mol. The Morgan fingerprint density at radius 1 is 1.38 bits per heavy atom. The van der Waals surface area contributed by atoms with E-state index in [0.717, 1.165) is 34.6 Å². The normalized spacial score (nSPS) is 15.4. The molecule has 0 saturated heterocycles. The monoisotopic (exact) mass is 347 g/mol. The summed E-state index contributed by atoms with van der Waals surface area (Å²) in [4.78, 5) is 9.05. The molecule has 2 aromatic rings. The molecule has 0 unspecified atom stereocenters. The van der Waals surface area contributed by atoms with Crippen LogP contribution in [-0.4, -0.2) is 22.1 Å². The number of anilines is 1. The molecule has 1 aromatic carbocycles. The molecule has 0 aliphatic carbocycles. The maximum Gasteiger partial charge on any atom is 0.165 e. The molecule has 0 bridgehead atoms. The van der Waals surface area contributed by atoms with Crippen molar-refractivity contribution in [1.82, 2.24) is 9.97 Å². The van der Waals surface area contributed by atoms with E-state index in [1.54, 1.807) is 6.20 Å². The summed E-state index contributed by atoms with van der Waals surface area (Å²) in [5, 5.41) is 3.23. The van der Waals surface area contributed by atoms with Gasteiger partial charge in [-0.2, -0.15) is 0 Å². The third kappa shape index (κ3) is 2.75. The fourth-order valence-electron chi connectivity index (χ4n) is 2.58. The van der Waals surface area contributed by atoms with Gasteiger partial charge in [-0.15, -0.1) is 0 Å². The molecular formula is C16H18BrN3O. The van der Waals surface area contributed by atoms with Crippen LogP contribution in [0.3, 0.4) is 0 Å². The minimum absolute atomic E-state index is 0.168. The number of nitrogens with zero attached hydrogens (tertiary/aromatic N) is 2. The van der Waals surface area contributed by atoms with Crippen LogP contribution >= 0.6 is 15.9 Å². The predicted octanol–water partition coefficient (Wildman–Crippen LogP) is 4.05. The Morgan fingerprint density at radius 3 is 2.95 bits per heavy atom. The minimum Gasteiger partial charge on any atom is -0.486 e. The Labute approximate surface area is 133 Å². The number of ether oxygens (including phenoxy) is 1. The van der Waals surface area contributed by atoms with E-state index < -0.39 is 0 Å². The SMILES string of the molecule is CCNc1nc(-c2cccc3c2OC(C)(C)C3)ncc1Br. The van der Waals surface area contributed by atoms with Crippen LogP contribution < -0.4 is 10.1 Å². The summed E-state index contributed by atoms with van der Waals surface area (Å²) in [5.41, 5.74) is 2.00. The van der Waals surface area contributed by atoms with Gasteiger partial charge >= 0.3 is 0 Å². The van der Waals surface area contributed by atoms with E-state index in [1.807, 2.05) is 19.1 Å². The first kappa shape index (κ1) is 14.3. The van der Waals surface area contributed by atoms with Crippen molar-refractivity contribution in [1.29, 1.82) is 0 Å². The van der Waals surface area contributed by atoms with Crippen molar-refractivity contribution in [2.24, 2.45) is 0 Å². The lowest BCUT2D eigenvalue weighted by atomic mass is 10.0. The van der Waals surface area contributed by atoms with E-state index in [0.29, 0.717) is 5.82 Å². The predicted molar refractivity (Wildman–Crippen MR) is 87.7 cm³/mol. The van der Waals surface area contributed by atoms with E-state index in [1.165, 1.54) is 5.56 Å². The molecule has 0 fully saturated rings. The zero-order chi connectivity index (χ0) is 15.0. The molecule has 1 aliphatic heterocycles. The van der Waals surface area contributed by atoms with Gasteiger partial charge in [0.2, 0.25) is 0 Å². The lowest BCUT2D eigenvalue weighted by Crippen LogP contribution is -2.24. The number of fused-ring (bicyclic) bond motifs is 1. The molecule has 1 aromatic heterocycles. The van der Waals surface area contributed by atoms with E-state index in [-0.39, 0.29) is 5.60 Å². The lowest BCUT2D eigenvalue weighted by Gasteiger charge is -2.18. The van der Waals surface area contributed by atoms with Crippen LogP contribution in [0.2, 0.25) is 0 Å². The molecule has 1 aliphatic rings. The molecular weight excluding hydrogens is 330 g/mol. The largest absolute Gasteiger partial charge is 0.486 e. The van der Waals surface area contributed by atoms with Crippen LogP contribution in [0.5, 0.6) is 5.75 Å². The highest BCUT2D eigenvalue weighted by Crippen LogP contribution is 2.41. The topological polar surface area (TPSA) is 47.0 Å². The Morgan fingerprint density at radius 2 is 2.19 bits per heavy atom. The Bertz CT molecular complexity index is 685. The number of para-hydroxylation sites is 1. The second-order valence-electron chi connectivity index (χ2n) is 5.75. The summed E-state index contributed by atoms with van der Waals surface area (Å²) in [6.45, 7) is 7.05. The molecule has 0 radical (unpaired) electrons. The molecule has 2 heterocycles. The van der Waals surface area contributed by atoms with Crippen molar-refractivity contribution in [3.05, 3.63) is 34.4 Å². The second kappa shape index (κ2) is 5.30. The first-order chi connectivity index (χ1) is 10.00. The van der Waals surface area contributed by atoms with Gasteiger partial charge in [-0.3, -0.25) is 0 Å². The molecule has 3 rings (SSSR count). The summed E-state index contributed by atoms with van der Waals surface area (Å²) >= 11 is 3.47. The first-order valence-electron chi connectivity index (χ1n) is 7.08. The smallest absolute Gasteiger partial charge is 0.165 e. The quantitative estimate of drug-likeness (QED) is 0.909. The van der Waals surface area contributed by atoms with Crippen molar-refractivity contribution in [3.8, 4) is 17.1 Å². The van der Waals surface area contributed by atoms with E-state index in [9.17, 15) is 0 Å². The average Bonchev–Trinajstić information content (AvgIpc) is 2.75. The standard InChI is InChI=1S/C16H18BrN3O/c1-4-18-15-12(17)9-19-14(20-15)11-7-5-6-10-8-16(2,3)21-13(10)11/h5-7,9H,4,8H2,1-3H3,(H,18,19,20). The van der Waals surface area contributed by atoms with Gasteiger partial charge in [0.1, 0.15) is 17.2 Å². The maximum atomic E-state index is 6.10. The Balaban J connectivity index is 2.07. The van der Waals surface area contributed by atoms with Crippen molar-refractivity contribution in [2.75, 3.05) is 11.9 Å². The number of aromatic nitrogens is 2. The van der Waals surface area contributed by atoms with Crippen molar-refractivity contribution in [2.45, 2.75) is 32.8 Å². The van der Waals surface area contributed by atoms with Gasteiger partial charge in [0.05, 0.1) is 10.0 Å². The number of benzene rings is 1. The molecule has 5 heteroatoms. The third-order valence-corrected chi connectivity index (χ3v) is 4.00. The highest BCUT2D eigenvalue weighted by atomic mass is 79.9. The fraction of sp³-hybridized carbons (Fsp3) is 0.375. The van der Waals surface area contributed by atoms with Crippen molar-refractivity contribution in [3.63, 3.8) is 0 Å². The van der Waals surface area contributed by atoms with Gasteiger partial charge in [0.15, 0.2) is 5.82 Å². The number of nitrogens with one attached hydrogen (secondary N) is 1. The lowest BCUT2D eigenvalue weighted by molar-refractivity contribution is 0.139. The maximum absolute atomic E-state index is 6.10. The highest BCUT2D eigenvalue weighted by molar-refractivity contribution is 9.10. The molecule has 0 spiro atoms. The van der Waals surface area contributed by atoms with Crippen LogP contribution in [0.1, 0.15) is 26.3 Å². The fourth-order valence-corrected chi connectivity index (χ4v) is 2.91. The van der Waals surface area contributed by atoms with Crippen molar-refractivity contribution >= 4 is 21.7 Å². The molecule has 21 heavy (non-hydrogen) atoms. The van der Waals surface area contributed by atoms with E-state index >= 15 is 0 Å². The van der Waals surface area contributed by atoms with Gasteiger partial charge in [0.25, 0.3) is 0 Å². The Hall–Kier alpha value is -1.62. The summed E-state index contributed by atoms with van der Waals surface area (Å²) < 4.78 is 6.96. The Kier molecular flexibility index (Phi) is 3.61. The molecule has 0 saturated carbocycles. The molecule has 1 N–H and O–H groups in total. The highest BCUT2D eigenvalue weighted by Gasteiger charge is 2.32. The molecule has 4 nitrogen and oxygen atoms in total. The molecule has 0 amide bonds. The summed E-state index contributed by atoms with van der Waals surface area (Å²) in [7, 11) is 0. The van der Waals surface area contributed by atoms with Gasteiger partial charge in [0, 0.05) is 19.2 Å².